The highest BCUT2D eigenvalue weighted by Crippen LogP contribution is 2.16. The van der Waals surface area contributed by atoms with Crippen molar-refractivity contribution in [3.05, 3.63) is 47.2 Å². The summed E-state index contributed by atoms with van der Waals surface area (Å²) < 4.78 is 1.77. The molecule has 0 atom stereocenters. The second-order valence-corrected chi connectivity index (χ2v) is 5.92. The van der Waals surface area contributed by atoms with Crippen molar-refractivity contribution in [3.8, 4) is 0 Å². The SMILES string of the molecule is CC(C)c1ccc(NC(=S)NCCn2cc(Cl)cn2)cc1. The first-order chi connectivity index (χ1) is 10.0. The Labute approximate surface area is 135 Å². The highest BCUT2D eigenvalue weighted by molar-refractivity contribution is 7.80. The number of anilines is 1. The maximum atomic E-state index is 5.80. The summed E-state index contributed by atoms with van der Waals surface area (Å²) in [5.74, 6) is 0.532. The minimum absolute atomic E-state index is 0.532. The summed E-state index contributed by atoms with van der Waals surface area (Å²) in [6, 6.07) is 8.30. The van der Waals surface area contributed by atoms with Crippen LogP contribution in [0.3, 0.4) is 0 Å². The smallest absolute Gasteiger partial charge is 0.170 e. The van der Waals surface area contributed by atoms with Crippen LogP contribution in [0.5, 0.6) is 0 Å². The lowest BCUT2D eigenvalue weighted by atomic mass is 10.0. The maximum Gasteiger partial charge on any atom is 0.170 e. The molecule has 2 N–H and O–H groups in total. The molecule has 0 spiro atoms. The van der Waals surface area contributed by atoms with Crippen LogP contribution in [-0.2, 0) is 6.54 Å². The first kappa shape index (κ1) is 15.8. The third-order valence-corrected chi connectivity index (χ3v) is 3.50. The monoisotopic (exact) mass is 322 g/mol. The Morgan fingerprint density at radius 1 is 1.33 bits per heavy atom. The normalized spacial score (nSPS) is 10.7. The molecule has 2 rings (SSSR count). The standard InChI is InChI=1S/C15H19ClN4S/c1-11(2)12-3-5-14(6-4-12)19-15(21)17-7-8-20-10-13(16)9-18-20/h3-6,9-11H,7-8H2,1-2H3,(H2,17,19,21). The summed E-state index contributed by atoms with van der Waals surface area (Å²) in [7, 11) is 0. The van der Waals surface area contributed by atoms with Crippen molar-refractivity contribution < 1.29 is 0 Å². The molecule has 0 unspecified atom stereocenters. The molecule has 21 heavy (non-hydrogen) atoms. The van der Waals surface area contributed by atoms with Crippen LogP contribution >= 0.6 is 23.8 Å². The van der Waals surface area contributed by atoms with Gasteiger partial charge in [-0.3, -0.25) is 4.68 Å². The third kappa shape index (κ3) is 5.02. The molecule has 0 aliphatic heterocycles. The van der Waals surface area contributed by atoms with Gasteiger partial charge in [-0.15, -0.1) is 0 Å². The lowest BCUT2D eigenvalue weighted by Crippen LogP contribution is -2.31. The van der Waals surface area contributed by atoms with Crippen LogP contribution in [0.2, 0.25) is 5.02 Å². The van der Waals surface area contributed by atoms with Gasteiger partial charge in [0.05, 0.1) is 17.8 Å². The zero-order chi connectivity index (χ0) is 15.2. The van der Waals surface area contributed by atoms with Crippen molar-refractivity contribution in [2.75, 3.05) is 11.9 Å². The van der Waals surface area contributed by atoms with Crippen LogP contribution in [-0.4, -0.2) is 21.4 Å². The molecule has 1 heterocycles. The van der Waals surface area contributed by atoms with E-state index in [1.165, 1.54) is 5.56 Å². The Bertz CT molecular complexity index is 592. The van der Waals surface area contributed by atoms with Gasteiger partial charge in [0.1, 0.15) is 0 Å². The lowest BCUT2D eigenvalue weighted by Gasteiger charge is -2.12. The average molecular weight is 323 g/mol. The van der Waals surface area contributed by atoms with Gasteiger partial charge < -0.3 is 10.6 Å². The van der Waals surface area contributed by atoms with Gasteiger partial charge in [0.15, 0.2) is 5.11 Å². The van der Waals surface area contributed by atoms with E-state index in [1.807, 2.05) is 12.1 Å². The van der Waals surface area contributed by atoms with Gasteiger partial charge in [-0.25, -0.2) is 0 Å². The number of halogens is 1. The summed E-state index contributed by atoms with van der Waals surface area (Å²) in [6.45, 7) is 5.75. The summed E-state index contributed by atoms with van der Waals surface area (Å²) in [4.78, 5) is 0. The van der Waals surface area contributed by atoms with Gasteiger partial charge in [-0.2, -0.15) is 5.10 Å². The molecule has 4 nitrogen and oxygen atoms in total. The second kappa shape index (κ2) is 7.43. The first-order valence-corrected chi connectivity index (χ1v) is 7.66. The van der Waals surface area contributed by atoms with E-state index in [0.717, 1.165) is 5.69 Å². The zero-order valence-corrected chi connectivity index (χ0v) is 13.7. The molecule has 0 bridgehead atoms. The molecule has 0 saturated heterocycles. The minimum atomic E-state index is 0.532. The largest absolute Gasteiger partial charge is 0.361 e. The number of nitrogens with zero attached hydrogens (tertiary/aromatic N) is 2. The van der Waals surface area contributed by atoms with Crippen LogP contribution in [0.1, 0.15) is 25.3 Å². The highest BCUT2D eigenvalue weighted by atomic mass is 35.5. The molecular weight excluding hydrogens is 304 g/mol. The third-order valence-electron chi connectivity index (χ3n) is 3.06. The van der Waals surface area contributed by atoms with Crippen molar-refractivity contribution in [2.24, 2.45) is 0 Å². The van der Waals surface area contributed by atoms with E-state index < -0.39 is 0 Å². The Morgan fingerprint density at radius 2 is 2.05 bits per heavy atom. The molecule has 2 aromatic rings. The molecule has 0 fully saturated rings. The summed E-state index contributed by atoms with van der Waals surface area (Å²) >= 11 is 11.1. The summed E-state index contributed by atoms with van der Waals surface area (Å²) in [5.41, 5.74) is 2.30. The molecule has 0 saturated carbocycles. The van der Waals surface area contributed by atoms with E-state index in [4.69, 9.17) is 23.8 Å². The molecule has 1 aromatic carbocycles. The Balaban J connectivity index is 1.76. The van der Waals surface area contributed by atoms with E-state index >= 15 is 0 Å². The predicted octanol–water partition coefficient (Wildman–Crippen LogP) is 3.65. The van der Waals surface area contributed by atoms with Crippen LogP contribution < -0.4 is 10.6 Å². The van der Waals surface area contributed by atoms with Crippen molar-refractivity contribution in [1.82, 2.24) is 15.1 Å². The van der Waals surface area contributed by atoms with Crippen LogP contribution in [0.4, 0.5) is 5.69 Å². The van der Waals surface area contributed by atoms with Gasteiger partial charge >= 0.3 is 0 Å². The highest BCUT2D eigenvalue weighted by Gasteiger charge is 2.01. The Hall–Kier alpha value is -1.59. The van der Waals surface area contributed by atoms with Crippen molar-refractivity contribution >= 4 is 34.6 Å². The molecule has 1 aromatic heterocycles. The fraction of sp³-hybridized carbons (Fsp3) is 0.333. The topological polar surface area (TPSA) is 41.9 Å². The Kier molecular flexibility index (Phi) is 5.59. The maximum absolute atomic E-state index is 5.80. The number of thiocarbonyl (C=S) groups is 1. The summed E-state index contributed by atoms with van der Waals surface area (Å²) in [6.07, 6.45) is 3.40. The van der Waals surface area contributed by atoms with Gasteiger partial charge in [0.2, 0.25) is 0 Å². The van der Waals surface area contributed by atoms with Crippen LogP contribution in [0.15, 0.2) is 36.7 Å². The van der Waals surface area contributed by atoms with Gasteiger partial charge in [0, 0.05) is 18.4 Å². The molecule has 0 aliphatic carbocycles. The van der Waals surface area contributed by atoms with E-state index in [2.05, 4.69) is 41.7 Å². The number of aromatic nitrogens is 2. The van der Waals surface area contributed by atoms with Crippen LogP contribution in [0.25, 0.3) is 0 Å². The van der Waals surface area contributed by atoms with Gasteiger partial charge in [0.25, 0.3) is 0 Å². The van der Waals surface area contributed by atoms with E-state index in [0.29, 0.717) is 29.1 Å². The Morgan fingerprint density at radius 3 is 2.62 bits per heavy atom. The molecule has 112 valence electrons. The predicted molar refractivity (Wildman–Crippen MR) is 92.0 cm³/mol. The second-order valence-electron chi connectivity index (χ2n) is 5.08. The zero-order valence-electron chi connectivity index (χ0n) is 12.1. The van der Waals surface area contributed by atoms with E-state index in [1.54, 1.807) is 17.1 Å². The average Bonchev–Trinajstić information content (AvgIpc) is 2.85. The quantitative estimate of drug-likeness (QED) is 0.825. The van der Waals surface area contributed by atoms with E-state index in [-0.39, 0.29) is 0 Å². The molecular formula is C15H19ClN4S. The fourth-order valence-electron chi connectivity index (χ4n) is 1.87. The number of nitrogens with one attached hydrogen (secondary N) is 2. The van der Waals surface area contributed by atoms with E-state index in [9.17, 15) is 0 Å². The first-order valence-electron chi connectivity index (χ1n) is 6.87. The number of hydrogen-bond donors (Lipinski definition) is 2. The molecule has 6 heteroatoms. The molecule has 0 aliphatic rings. The number of hydrogen-bond acceptors (Lipinski definition) is 2. The van der Waals surface area contributed by atoms with Gasteiger partial charge in [-0.1, -0.05) is 37.6 Å². The minimum Gasteiger partial charge on any atom is -0.361 e. The van der Waals surface area contributed by atoms with Crippen LogP contribution in [0, 0.1) is 0 Å². The van der Waals surface area contributed by atoms with Crippen molar-refractivity contribution in [3.63, 3.8) is 0 Å². The van der Waals surface area contributed by atoms with Crippen molar-refractivity contribution in [1.29, 1.82) is 0 Å². The van der Waals surface area contributed by atoms with Crippen molar-refractivity contribution in [2.45, 2.75) is 26.3 Å². The number of rotatable bonds is 5. The lowest BCUT2D eigenvalue weighted by molar-refractivity contribution is 0.604. The fourth-order valence-corrected chi connectivity index (χ4v) is 2.25. The van der Waals surface area contributed by atoms with Gasteiger partial charge in [-0.05, 0) is 35.8 Å². The molecule has 0 amide bonds. The molecule has 0 radical (unpaired) electrons. The number of benzene rings is 1. The summed E-state index contributed by atoms with van der Waals surface area (Å²) in [5, 5.41) is 11.7.